The number of nitrogens with zero attached hydrogens (tertiary/aromatic N) is 4. The number of aromatic nitrogens is 3. The van der Waals surface area contributed by atoms with Gasteiger partial charge in [0.05, 0.1) is 0 Å². The Morgan fingerprint density at radius 3 is 2.95 bits per heavy atom. The average Bonchev–Trinajstić information content (AvgIpc) is 3.02. The van der Waals surface area contributed by atoms with Crippen LogP contribution in [-0.4, -0.2) is 51.2 Å². The zero-order valence-corrected chi connectivity index (χ0v) is 12.8. The molecule has 0 saturated carbocycles. The Morgan fingerprint density at radius 1 is 1.36 bits per heavy atom. The molecule has 0 bridgehead atoms. The fraction of sp³-hybridized carbons (Fsp3) is 0.438. The molecule has 1 atom stereocenters. The van der Waals surface area contributed by atoms with Gasteiger partial charge in [-0.1, -0.05) is 18.2 Å². The molecule has 0 unspecified atom stereocenters. The highest BCUT2D eigenvalue weighted by molar-refractivity contribution is 5.76. The van der Waals surface area contributed by atoms with Gasteiger partial charge in [0.15, 0.2) is 0 Å². The maximum absolute atomic E-state index is 12.4. The lowest BCUT2D eigenvalue weighted by Gasteiger charge is -2.34. The van der Waals surface area contributed by atoms with Crippen molar-refractivity contribution in [3.05, 3.63) is 42.5 Å². The normalized spacial score (nSPS) is 18.4. The van der Waals surface area contributed by atoms with Gasteiger partial charge in [-0.25, -0.2) is 0 Å². The number of hydrogen-bond acceptors (Lipinski definition) is 4. The van der Waals surface area contributed by atoms with Crippen molar-refractivity contribution in [3.63, 3.8) is 0 Å². The van der Waals surface area contributed by atoms with Crippen LogP contribution < -0.4 is 5.32 Å². The molecule has 1 saturated heterocycles. The number of carbonyl (C=O) groups excluding carboxylic acids is 1. The van der Waals surface area contributed by atoms with E-state index >= 15 is 0 Å². The monoisotopic (exact) mass is 299 g/mol. The Bertz CT molecular complexity index is 624. The standard InChI is InChI=1S/C16H21N5O/c1-13-11-17-9-10-20(13)16(22)8-7-15-19-18-12-21(15)14-5-3-2-4-6-14/h2-6,12-13,17H,7-11H2,1H3/t13-/m1/s1. The maximum atomic E-state index is 12.4. The van der Waals surface area contributed by atoms with Crippen LogP contribution in [0.3, 0.4) is 0 Å². The second-order valence-electron chi connectivity index (χ2n) is 5.59. The van der Waals surface area contributed by atoms with Gasteiger partial charge >= 0.3 is 0 Å². The summed E-state index contributed by atoms with van der Waals surface area (Å²) in [5.74, 6) is 1.01. The number of para-hydroxylation sites is 1. The molecule has 1 fully saturated rings. The zero-order chi connectivity index (χ0) is 15.4. The molecular weight excluding hydrogens is 278 g/mol. The van der Waals surface area contributed by atoms with Crippen LogP contribution in [-0.2, 0) is 11.2 Å². The lowest BCUT2D eigenvalue weighted by molar-refractivity contribution is -0.133. The van der Waals surface area contributed by atoms with Crippen molar-refractivity contribution in [1.29, 1.82) is 0 Å². The second kappa shape index (κ2) is 6.70. The van der Waals surface area contributed by atoms with Gasteiger partial charge in [-0.05, 0) is 19.1 Å². The quantitative estimate of drug-likeness (QED) is 0.915. The van der Waals surface area contributed by atoms with E-state index in [1.54, 1.807) is 6.33 Å². The largest absolute Gasteiger partial charge is 0.337 e. The first kappa shape index (κ1) is 14.7. The minimum Gasteiger partial charge on any atom is -0.337 e. The van der Waals surface area contributed by atoms with E-state index in [-0.39, 0.29) is 11.9 Å². The van der Waals surface area contributed by atoms with Gasteiger partial charge in [0.2, 0.25) is 5.91 Å². The average molecular weight is 299 g/mol. The van der Waals surface area contributed by atoms with Crippen LogP contribution in [0.1, 0.15) is 19.2 Å². The van der Waals surface area contributed by atoms with E-state index in [0.29, 0.717) is 12.8 Å². The number of amides is 1. The van der Waals surface area contributed by atoms with Crippen LogP contribution in [0, 0.1) is 0 Å². The molecular formula is C16H21N5O. The Morgan fingerprint density at radius 2 is 2.18 bits per heavy atom. The molecule has 0 radical (unpaired) electrons. The molecule has 1 aliphatic rings. The Labute approximate surface area is 130 Å². The third kappa shape index (κ3) is 3.17. The summed E-state index contributed by atoms with van der Waals surface area (Å²) in [6.45, 7) is 4.60. The lowest BCUT2D eigenvalue weighted by atomic mass is 10.1. The van der Waals surface area contributed by atoms with Gasteiger partial charge in [-0.2, -0.15) is 0 Å². The molecule has 1 N–H and O–H groups in total. The smallest absolute Gasteiger partial charge is 0.223 e. The van der Waals surface area contributed by atoms with Crippen molar-refractivity contribution >= 4 is 5.91 Å². The summed E-state index contributed by atoms with van der Waals surface area (Å²) in [6.07, 6.45) is 2.77. The predicted molar refractivity (Wildman–Crippen MR) is 83.7 cm³/mol. The van der Waals surface area contributed by atoms with E-state index in [9.17, 15) is 4.79 Å². The number of rotatable bonds is 4. The first-order valence-corrected chi connectivity index (χ1v) is 7.70. The first-order chi connectivity index (χ1) is 10.8. The molecule has 0 spiro atoms. The van der Waals surface area contributed by atoms with Crippen LogP contribution in [0.4, 0.5) is 0 Å². The summed E-state index contributed by atoms with van der Waals surface area (Å²) < 4.78 is 1.94. The minimum atomic E-state index is 0.191. The molecule has 3 rings (SSSR count). The number of aryl methyl sites for hydroxylation is 1. The molecule has 22 heavy (non-hydrogen) atoms. The highest BCUT2D eigenvalue weighted by Gasteiger charge is 2.23. The van der Waals surface area contributed by atoms with Gasteiger partial charge < -0.3 is 10.2 Å². The summed E-state index contributed by atoms with van der Waals surface area (Å²) in [4.78, 5) is 14.4. The molecule has 2 heterocycles. The molecule has 1 aromatic carbocycles. The van der Waals surface area contributed by atoms with Gasteiger partial charge in [-0.15, -0.1) is 10.2 Å². The van der Waals surface area contributed by atoms with E-state index < -0.39 is 0 Å². The van der Waals surface area contributed by atoms with Crippen LogP contribution in [0.25, 0.3) is 5.69 Å². The van der Waals surface area contributed by atoms with Crippen LogP contribution in [0.5, 0.6) is 0 Å². The maximum Gasteiger partial charge on any atom is 0.223 e. The number of nitrogens with one attached hydrogen (secondary N) is 1. The fourth-order valence-corrected chi connectivity index (χ4v) is 2.81. The van der Waals surface area contributed by atoms with Crippen molar-refractivity contribution in [2.45, 2.75) is 25.8 Å². The topological polar surface area (TPSA) is 63.1 Å². The SMILES string of the molecule is C[C@@H]1CNCCN1C(=O)CCc1nncn1-c1ccccc1. The molecule has 1 aliphatic heterocycles. The molecule has 1 aromatic heterocycles. The lowest BCUT2D eigenvalue weighted by Crippen LogP contribution is -2.52. The van der Waals surface area contributed by atoms with E-state index in [1.807, 2.05) is 39.8 Å². The molecule has 116 valence electrons. The summed E-state index contributed by atoms with van der Waals surface area (Å²) >= 11 is 0. The third-order valence-electron chi connectivity index (χ3n) is 4.04. The fourth-order valence-electron chi connectivity index (χ4n) is 2.81. The van der Waals surface area contributed by atoms with Crippen molar-refractivity contribution in [2.24, 2.45) is 0 Å². The Kier molecular flexibility index (Phi) is 4.48. The van der Waals surface area contributed by atoms with Crippen molar-refractivity contribution in [1.82, 2.24) is 25.0 Å². The highest BCUT2D eigenvalue weighted by atomic mass is 16.2. The van der Waals surface area contributed by atoms with Crippen LogP contribution in [0.2, 0.25) is 0 Å². The van der Waals surface area contributed by atoms with Gasteiger partial charge in [0.1, 0.15) is 12.2 Å². The van der Waals surface area contributed by atoms with Crippen molar-refractivity contribution in [2.75, 3.05) is 19.6 Å². The molecule has 6 heteroatoms. The summed E-state index contributed by atoms with van der Waals surface area (Å²) in [6, 6.07) is 10.2. The highest BCUT2D eigenvalue weighted by Crippen LogP contribution is 2.12. The van der Waals surface area contributed by atoms with E-state index in [2.05, 4.69) is 22.4 Å². The molecule has 0 aliphatic carbocycles. The number of piperazine rings is 1. The summed E-state index contributed by atoms with van der Waals surface area (Å²) in [7, 11) is 0. The number of hydrogen-bond donors (Lipinski definition) is 1. The summed E-state index contributed by atoms with van der Waals surface area (Å²) in [5.41, 5.74) is 1.02. The van der Waals surface area contributed by atoms with E-state index in [1.165, 1.54) is 0 Å². The first-order valence-electron chi connectivity index (χ1n) is 7.70. The molecule has 2 aromatic rings. The van der Waals surface area contributed by atoms with Crippen LogP contribution >= 0.6 is 0 Å². The van der Waals surface area contributed by atoms with E-state index in [0.717, 1.165) is 31.1 Å². The van der Waals surface area contributed by atoms with Gasteiger partial charge in [0.25, 0.3) is 0 Å². The predicted octanol–water partition coefficient (Wildman–Crippen LogP) is 1.02. The number of carbonyl (C=O) groups is 1. The van der Waals surface area contributed by atoms with Crippen LogP contribution in [0.15, 0.2) is 36.7 Å². The minimum absolute atomic E-state index is 0.191. The molecule has 1 amide bonds. The third-order valence-corrected chi connectivity index (χ3v) is 4.04. The Balaban J connectivity index is 1.65. The van der Waals surface area contributed by atoms with Crippen molar-refractivity contribution < 1.29 is 4.79 Å². The van der Waals surface area contributed by atoms with Gasteiger partial charge in [-0.3, -0.25) is 9.36 Å². The van der Waals surface area contributed by atoms with Gasteiger partial charge in [0, 0.05) is 44.2 Å². The number of benzene rings is 1. The second-order valence-corrected chi connectivity index (χ2v) is 5.59. The zero-order valence-electron chi connectivity index (χ0n) is 12.8. The van der Waals surface area contributed by atoms with E-state index in [4.69, 9.17) is 0 Å². The summed E-state index contributed by atoms with van der Waals surface area (Å²) in [5, 5.41) is 11.4. The van der Waals surface area contributed by atoms with Crippen molar-refractivity contribution in [3.8, 4) is 5.69 Å². The molecule has 6 nitrogen and oxygen atoms in total. The Hall–Kier alpha value is -2.21.